The van der Waals surface area contributed by atoms with E-state index in [1.54, 1.807) is 36.6 Å². The van der Waals surface area contributed by atoms with Crippen molar-refractivity contribution in [1.29, 1.82) is 5.26 Å². The molecule has 6 heteroatoms. The Morgan fingerprint density at radius 3 is 2.68 bits per heavy atom. The standard InChI is InChI=1S/C19H23N3OS2/c1-6-9-22-12-16(19(2,3)4)25-18(22)21-17(24)14-10-13(11-20)7-8-15(14)23-5/h7-8,10,12H,6,9H2,1-5H3. The van der Waals surface area contributed by atoms with Gasteiger partial charge in [-0.15, -0.1) is 11.3 Å². The van der Waals surface area contributed by atoms with E-state index in [2.05, 4.69) is 49.5 Å². The number of methoxy groups -OCH3 is 1. The van der Waals surface area contributed by atoms with Gasteiger partial charge in [0.05, 0.1) is 24.3 Å². The number of hydrogen-bond donors (Lipinski definition) is 0. The number of ether oxygens (including phenoxy) is 1. The van der Waals surface area contributed by atoms with Crippen molar-refractivity contribution in [3.05, 3.63) is 45.2 Å². The summed E-state index contributed by atoms with van der Waals surface area (Å²) in [6.45, 7) is 9.61. The molecule has 0 N–H and O–H groups in total. The quantitative estimate of drug-likeness (QED) is 0.746. The molecular weight excluding hydrogens is 350 g/mol. The van der Waals surface area contributed by atoms with Crippen molar-refractivity contribution in [2.24, 2.45) is 4.99 Å². The molecule has 4 nitrogen and oxygen atoms in total. The van der Waals surface area contributed by atoms with Gasteiger partial charge in [0.2, 0.25) is 0 Å². The van der Waals surface area contributed by atoms with Crippen molar-refractivity contribution in [2.75, 3.05) is 7.11 Å². The van der Waals surface area contributed by atoms with Crippen LogP contribution in [0.1, 0.15) is 50.1 Å². The van der Waals surface area contributed by atoms with Gasteiger partial charge in [0, 0.05) is 17.6 Å². The molecule has 25 heavy (non-hydrogen) atoms. The molecule has 1 aromatic heterocycles. The first kappa shape index (κ1) is 19.4. The number of nitriles is 1. The highest BCUT2D eigenvalue weighted by atomic mass is 32.1. The third kappa shape index (κ3) is 4.56. The Kier molecular flexibility index (Phi) is 6.15. The van der Waals surface area contributed by atoms with Gasteiger partial charge in [-0.05, 0) is 30.0 Å². The molecule has 2 aromatic rings. The fraction of sp³-hybridized carbons (Fsp3) is 0.421. The number of thiazole rings is 1. The van der Waals surface area contributed by atoms with Gasteiger partial charge in [-0.25, -0.2) is 4.99 Å². The minimum Gasteiger partial charge on any atom is -0.496 e. The van der Waals surface area contributed by atoms with Crippen LogP contribution in [0, 0.1) is 11.3 Å². The number of nitrogens with zero attached hydrogens (tertiary/aromatic N) is 3. The zero-order valence-electron chi connectivity index (χ0n) is 15.3. The van der Waals surface area contributed by atoms with Crippen LogP contribution in [0.4, 0.5) is 0 Å². The molecule has 1 heterocycles. The molecular formula is C19H23N3OS2. The first-order valence-electron chi connectivity index (χ1n) is 8.18. The molecule has 0 saturated carbocycles. The van der Waals surface area contributed by atoms with E-state index in [9.17, 15) is 0 Å². The Labute approximate surface area is 158 Å². The molecule has 0 saturated heterocycles. The highest BCUT2D eigenvalue weighted by Crippen LogP contribution is 2.25. The highest BCUT2D eigenvalue weighted by Gasteiger charge is 2.18. The minimum atomic E-state index is 0.0635. The van der Waals surface area contributed by atoms with E-state index in [0.717, 1.165) is 17.8 Å². The fourth-order valence-electron chi connectivity index (χ4n) is 2.31. The molecule has 0 radical (unpaired) electrons. The van der Waals surface area contributed by atoms with E-state index in [-0.39, 0.29) is 5.41 Å². The number of hydrogen-bond acceptors (Lipinski definition) is 4. The number of rotatable bonds is 4. The molecule has 0 atom stereocenters. The molecule has 0 spiro atoms. The monoisotopic (exact) mass is 373 g/mol. The van der Waals surface area contributed by atoms with Crippen LogP contribution in [-0.2, 0) is 12.0 Å². The van der Waals surface area contributed by atoms with Gasteiger partial charge in [-0.1, -0.05) is 39.9 Å². The number of aromatic nitrogens is 1. The summed E-state index contributed by atoms with van der Waals surface area (Å²) in [6, 6.07) is 7.33. The van der Waals surface area contributed by atoms with E-state index >= 15 is 0 Å². The van der Waals surface area contributed by atoms with Crippen LogP contribution in [0.2, 0.25) is 0 Å². The summed E-state index contributed by atoms with van der Waals surface area (Å²) >= 11 is 7.20. The molecule has 0 aliphatic carbocycles. The largest absolute Gasteiger partial charge is 0.496 e. The summed E-state index contributed by atoms with van der Waals surface area (Å²) < 4.78 is 7.53. The zero-order valence-corrected chi connectivity index (χ0v) is 16.9. The van der Waals surface area contributed by atoms with Crippen LogP contribution in [0.5, 0.6) is 5.75 Å². The van der Waals surface area contributed by atoms with Crippen molar-refractivity contribution < 1.29 is 4.74 Å². The van der Waals surface area contributed by atoms with Crippen LogP contribution >= 0.6 is 23.6 Å². The molecule has 0 unspecified atom stereocenters. The summed E-state index contributed by atoms with van der Waals surface area (Å²) in [5.41, 5.74) is 1.27. The Hall–Kier alpha value is -1.97. The average Bonchev–Trinajstić information content (AvgIpc) is 2.97. The maximum atomic E-state index is 9.14. The van der Waals surface area contributed by atoms with Crippen molar-refractivity contribution >= 4 is 28.5 Å². The highest BCUT2D eigenvalue weighted by molar-refractivity contribution is 7.80. The van der Waals surface area contributed by atoms with Gasteiger partial charge < -0.3 is 9.30 Å². The van der Waals surface area contributed by atoms with Crippen LogP contribution in [0.15, 0.2) is 29.4 Å². The molecule has 132 valence electrons. The number of aryl methyl sites for hydroxylation is 1. The van der Waals surface area contributed by atoms with Crippen molar-refractivity contribution in [2.45, 2.75) is 46.1 Å². The predicted molar refractivity (Wildman–Crippen MR) is 106 cm³/mol. The van der Waals surface area contributed by atoms with E-state index in [4.69, 9.17) is 22.2 Å². The zero-order chi connectivity index (χ0) is 18.6. The Morgan fingerprint density at radius 1 is 1.40 bits per heavy atom. The summed E-state index contributed by atoms with van der Waals surface area (Å²) in [6.07, 6.45) is 3.19. The Morgan fingerprint density at radius 2 is 2.12 bits per heavy atom. The summed E-state index contributed by atoms with van der Waals surface area (Å²) in [4.78, 5) is 7.26. The lowest BCUT2D eigenvalue weighted by molar-refractivity contribution is 0.414. The fourth-order valence-corrected chi connectivity index (χ4v) is 3.69. The lowest BCUT2D eigenvalue weighted by Crippen LogP contribution is -2.16. The SMILES string of the molecule is CCCn1cc(C(C)(C)C)sc1=NC(=S)c1cc(C#N)ccc1OC. The van der Waals surface area contributed by atoms with Gasteiger partial charge >= 0.3 is 0 Å². The first-order chi connectivity index (χ1) is 11.8. The van der Waals surface area contributed by atoms with Gasteiger partial charge in [-0.2, -0.15) is 5.26 Å². The van der Waals surface area contributed by atoms with Crippen LogP contribution in [0.3, 0.4) is 0 Å². The molecule has 2 rings (SSSR count). The second-order valence-electron chi connectivity index (χ2n) is 6.77. The number of benzene rings is 1. The maximum Gasteiger partial charge on any atom is 0.191 e. The van der Waals surface area contributed by atoms with Crippen LogP contribution in [0.25, 0.3) is 0 Å². The normalized spacial score (nSPS) is 12.1. The first-order valence-corrected chi connectivity index (χ1v) is 9.40. The van der Waals surface area contributed by atoms with Crippen molar-refractivity contribution in [3.63, 3.8) is 0 Å². The van der Waals surface area contributed by atoms with E-state index in [1.807, 2.05) is 0 Å². The minimum absolute atomic E-state index is 0.0635. The van der Waals surface area contributed by atoms with Crippen LogP contribution in [-0.4, -0.2) is 16.7 Å². The topological polar surface area (TPSA) is 50.3 Å². The predicted octanol–water partition coefficient (Wildman–Crippen LogP) is 4.41. The van der Waals surface area contributed by atoms with Crippen LogP contribution < -0.4 is 9.54 Å². The van der Waals surface area contributed by atoms with Crippen molar-refractivity contribution in [1.82, 2.24) is 4.57 Å². The van der Waals surface area contributed by atoms with Crippen molar-refractivity contribution in [3.8, 4) is 11.8 Å². The number of thiocarbonyl (C=S) groups is 1. The molecule has 0 aliphatic heterocycles. The average molecular weight is 374 g/mol. The van der Waals surface area contributed by atoms with Gasteiger partial charge in [-0.3, -0.25) is 0 Å². The Balaban J connectivity index is 2.55. The Bertz CT molecular complexity index is 879. The van der Waals surface area contributed by atoms with E-state index in [0.29, 0.717) is 21.9 Å². The van der Waals surface area contributed by atoms with Gasteiger partial charge in [0.25, 0.3) is 0 Å². The van der Waals surface area contributed by atoms with E-state index in [1.165, 1.54) is 4.88 Å². The second kappa shape index (κ2) is 7.94. The molecule has 0 fully saturated rings. The maximum absolute atomic E-state index is 9.14. The van der Waals surface area contributed by atoms with E-state index < -0.39 is 0 Å². The third-order valence-corrected chi connectivity index (χ3v) is 5.44. The molecule has 1 aromatic carbocycles. The molecule has 0 bridgehead atoms. The molecule has 0 aliphatic rings. The lowest BCUT2D eigenvalue weighted by Gasteiger charge is -2.14. The smallest absolute Gasteiger partial charge is 0.191 e. The van der Waals surface area contributed by atoms with Gasteiger partial charge in [0.1, 0.15) is 10.7 Å². The summed E-state index contributed by atoms with van der Waals surface area (Å²) in [5, 5.41) is 9.14. The summed E-state index contributed by atoms with van der Waals surface area (Å²) in [5.74, 6) is 0.627. The lowest BCUT2D eigenvalue weighted by atomic mass is 9.95. The second-order valence-corrected chi connectivity index (χ2v) is 8.16. The van der Waals surface area contributed by atoms with Gasteiger partial charge in [0.15, 0.2) is 4.80 Å². The molecule has 0 amide bonds. The third-order valence-electron chi connectivity index (χ3n) is 3.68. The summed E-state index contributed by atoms with van der Waals surface area (Å²) in [7, 11) is 1.59.